The molecular formula is C19H27N3O3. The van der Waals surface area contributed by atoms with Gasteiger partial charge in [0.15, 0.2) is 0 Å². The van der Waals surface area contributed by atoms with Gasteiger partial charge in [-0.3, -0.25) is 4.79 Å². The lowest BCUT2D eigenvalue weighted by atomic mass is 9.93. The molecule has 1 aromatic carbocycles. The van der Waals surface area contributed by atoms with E-state index in [2.05, 4.69) is 17.2 Å². The first kappa shape index (κ1) is 18.8. The SMILES string of the molecule is C=CCN1C(=O)C(C)(C)COc2ccc(NC(=O)NC(C)(C)C)cc21. The summed E-state index contributed by atoms with van der Waals surface area (Å²) in [6, 6.07) is 4.98. The van der Waals surface area contributed by atoms with Crippen molar-refractivity contribution in [1.29, 1.82) is 0 Å². The normalized spacial score (nSPS) is 16.4. The molecule has 0 saturated heterocycles. The van der Waals surface area contributed by atoms with Crippen LogP contribution in [0.4, 0.5) is 16.2 Å². The Bertz CT molecular complexity index is 690. The average Bonchev–Trinajstić information content (AvgIpc) is 2.56. The van der Waals surface area contributed by atoms with E-state index in [1.165, 1.54) is 0 Å². The number of hydrogen-bond donors (Lipinski definition) is 2. The number of hydrogen-bond acceptors (Lipinski definition) is 3. The summed E-state index contributed by atoms with van der Waals surface area (Å²) in [6.45, 7) is 13.8. The van der Waals surface area contributed by atoms with E-state index in [1.54, 1.807) is 29.2 Å². The first-order chi connectivity index (χ1) is 11.5. The fourth-order valence-corrected chi connectivity index (χ4v) is 2.54. The van der Waals surface area contributed by atoms with Crippen LogP contribution in [0.1, 0.15) is 34.6 Å². The van der Waals surface area contributed by atoms with Gasteiger partial charge in [-0.25, -0.2) is 4.79 Å². The third kappa shape index (κ3) is 4.53. The molecule has 6 heteroatoms. The molecule has 1 aliphatic heterocycles. The van der Waals surface area contributed by atoms with Crippen molar-refractivity contribution in [2.24, 2.45) is 5.41 Å². The maximum atomic E-state index is 12.8. The van der Waals surface area contributed by atoms with E-state index in [1.807, 2.05) is 34.6 Å². The smallest absolute Gasteiger partial charge is 0.319 e. The molecule has 0 aromatic heterocycles. The summed E-state index contributed by atoms with van der Waals surface area (Å²) in [5.41, 5.74) is 0.238. The molecule has 1 aliphatic rings. The van der Waals surface area contributed by atoms with Gasteiger partial charge < -0.3 is 20.3 Å². The van der Waals surface area contributed by atoms with E-state index in [-0.39, 0.29) is 17.5 Å². The van der Waals surface area contributed by atoms with E-state index in [4.69, 9.17) is 4.74 Å². The number of benzene rings is 1. The molecule has 0 spiro atoms. The van der Waals surface area contributed by atoms with Gasteiger partial charge in [0.25, 0.3) is 0 Å². The fraction of sp³-hybridized carbons (Fsp3) is 0.474. The molecule has 1 aromatic rings. The van der Waals surface area contributed by atoms with Gasteiger partial charge in [0.2, 0.25) is 5.91 Å². The Hall–Kier alpha value is -2.50. The van der Waals surface area contributed by atoms with Crippen molar-refractivity contribution < 1.29 is 14.3 Å². The number of amides is 3. The largest absolute Gasteiger partial charge is 0.490 e. The molecule has 25 heavy (non-hydrogen) atoms. The van der Waals surface area contributed by atoms with Gasteiger partial charge in [0.05, 0.1) is 11.1 Å². The Morgan fingerprint density at radius 2 is 2.08 bits per heavy atom. The standard InChI is InChI=1S/C19H27N3O3/c1-7-10-22-14-11-13(20-17(24)21-18(2,3)4)8-9-15(14)25-12-19(5,6)16(22)23/h7-9,11H,1,10,12H2,2-6H3,(H2,20,21,24). The predicted octanol–water partition coefficient (Wildman–Crippen LogP) is 3.54. The second-order valence-electron chi connectivity index (χ2n) is 7.89. The van der Waals surface area contributed by atoms with Gasteiger partial charge in [0.1, 0.15) is 12.4 Å². The number of ether oxygens (including phenoxy) is 1. The number of anilines is 2. The zero-order valence-corrected chi connectivity index (χ0v) is 15.6. The number of fused-ring (bicyclic) bond motifs is 1. The molecule has 3 amide bonds. The lowest BCUT2D eigenvalue weighted by molar-refractivity contribution is -0.127. The minimum absolute atomic E-state index is 0.0394. The first-order valence-electron chi connectivity index (χ1n) is 8.32. The molecule has 6 nitrogen and oxygen atoms in total. The number of urea groups is 1. The van der Waals surface area contributed by atoms with Crippen molar-refractivity contribution >= 4 is 23.3 Å². The van der Waals surface area contributed by atoms with E-state index in [0.717, 1.165) is 0 Å². The number of nitrogens with zero attached hydrogens (tertiary/aromatic N) is 1. The number of carbonyl (C=O) groups is 2. The lowest BCUT2D eigenvalue weighted by Gasteiger charge is -2.27. The lowest BCUT2D eigenvalue weighted by Crippen LogP contribution is -2.43. The van der Waals surface area contributed by atoms with Crippen LogP contribution in [0.15, 0.2) is 30.9 Å². The number of carbonyl (C=O) groups excluding carboxylic acids is 2. The molecule has 0 aliphatic carbocycles. The van der Waals surface area contributed by atoms with Gasteiger partial charge in [0, 0.05) is 17.8 Å². The van der Waals surface area contributed by atoms with Gasteiger partial charge >= 0.3 is 6.03 Å². The maximum absolute atomic E-state index is 12.8. The van der Waals surface area contributed by atoms with Crippen LogP contribution in [0.25, 0.3) is 0 Å². The quantitative estimate of drug-likeness (QED) is 0.823. The van der Waals surface area contributed by atoms with Crippen molar-refractivity contribution in [3.8, 4) is 5.75 Å². The maximum Gasteiger partial charge on any atom is 0.319 e. The fourth-order valence-electron chi connectivity index (χ4n) is 2.54. The van der Waals surface area contributed by atoms with Gasteiger partial charge in [-0.05, 0) is 52.8 Å². The molecule has 0 fully saturated rings. The summed E-state index contributed by atoms with van der Waals surface area (Å²) in [4.78, 5) is 26.6. The summed E-state index contributed by atoms with van der Waals surface area (Å²) < 4.78 is 5.83. The Morgan fingerprint density at radius 3 is 2.68 bits per heavy atom. The van der Waals surface area contributed by atoms with Crippen molar-refractivity contribution in [3.05, 3.63) is 30.9 Å². The second-order valence-corrected chi connectivity index (χ2v) is 7.89. The Morgan fingerprint density at radius 1 is 1.40 bits per heavy atom. The van der Waals surface area contributed by atoms with Gasteiger partial charge in [-0.2, -0.15) is 0 Å². The van der Waals surface area contributed by atoms with Crippen LogP contribution in [0, 0.1) is 5.41 Å². The second kappa shape index (κ2) is 6.78. The van der Waals surface area contributed by atoms with Crippen molar-refractivity contribution in [2.75, 3.05) is 23.4 Å². The van der Waals surface area contributed by atoms with Gasteiger partial charge in [-0.1, -0.05) is 6.08 Å². The zero-order valence-electron chi connectivity index (χ0n) is 15.6. The highest BCUT2D eigenvalue weighted by molar-refractivity contribution is 6.00. The molecule has 0 radical (unpaired) electrons. The molecule has 0 bridgehead atoms. The predicted molar refractivity (Wildman–Crippen MR) is 100 cm³/mol. The third-order valence-corrected chi connectivity index (χ3v) is 3.72. The summed E-state index contributed by atoms with van der Waals surface area (Å²) in [5.74, 6) is 0.574. The highest BCUT2D eigenvalue weighted by Crippen LogP contribution is 2.38. The molecule has 2 N–H and O–H groups in total. The van der Waals surface area contributed by atoms with Crippen LogP contribution in [0.2, 0.25) is 0 Å². The molecule has 1 heterocycles. The van der Waals surface area contributed by atoms with Crippen LogP contribution in [-0.4, -0.2) is 30.6 Å². The van der Waals surface area contributed by atoms with Crippen molar-refractivity contribution in [2.45, 2.75) is 40.2 Å². The van der Waals surface area contributed by atoms with Gasteiger partial charge in [-0.15, -0.1) is 6.58 Å². The first-order valence-corrected chi connectivity index (χ1v) is 8.32. The molecule has 2 rings (SSSR count). The molecule has 0 atom stereocenters. The molecule has 0 unspecified atom stereocenters. The van der Waals surface area contributed by atoms with Crippen LogP contribution in [0.5, 0.6) is 5.75 Å². The monoisotopic (exact) mass is 345 g/mol. The Kier molecular flexibility index (Phi) is 5.11. The average molecular weight is 345 g/mol. The van der Waals surface area contributed by atoms with Crippen LogP contribution in [0.3, 0.4) is 0 Å². The molecule has 0 saturated carbocycles. The zero-order chi connectivity index (χ0) is 18.8. The summed E-state index contributed by atoms with van der Waals surface area (Å²) in [6.07, 6.45) is 1.68. The van der Waals surface area contributed by atoms with E-state index >= 15 is 0 Å². The highest BCUT2D eigenvalue weighted by Gasteiger charge is 2.37. The minimum atomic E-state index is -0.640. The van der Waals surface area contributed by atoms with Crippen molar-refractivity contribution in [1.82, 2.24) is 5.32 Å². The van der Waals surface area contributed by atoms with E-state index in [0.29, 0.717) is 30.3 Å². The third-order valence-electron chi connectivity index (χ3n) is 3.72. The number of rotatable bonds is 3. The summed E-state index contributed by atoms with van der Waals surface area (Å²) in [5, 5.41) is 5.64. The van der Waals surface area contributed by atoms with Crippen LogP contribution < -0.4 is 20.3 Å². The van der Waals surface area contributed by atoms with Crippen LogP contribution in [-0.2, 0) is 4.79 Å². The van der Waals surface area contributed by atoms with Crippen molar-refractivity contribution in [3.63, 3.8) is 0 Å². The molecule has 136 valence electrons. The molecular weight excluding hydrogens is 318 g/mol. The summed E-state index contributed by atoms with van der Waals surface area (Å²) >= 11 is 0. The Labute approximate surface area is 149 Å². The topological polar surface area (TPSA) is 70.7 Å². The van der Waals surface area contributed by atoms with E-state index < -0.39 is 5.41 Å². The van der Waals surface area contributed by atoms with E-state index in [9.17, 15) is 9.59 Å². The number of nitrogens with one attached hydrogen (secondary N) is 2. The Balaban J connectivity index is 2.33. The summed E-state index contributed by atoms with van der Waals surface area (Å²) in [7, 11) is 0. The van der Waals surface area contributed by atoms with Crippen LogP contribution >= 0.6 is 0 Å². The minimum Gasteiger partial charge on any atom is -0.490 e. The highest BCUT2D eigenvalue weighted by atomic mass is 16.5.